The molecule has 2 nitrogen and oxygen atoms in total. The van der Waals surface area contributed by atoms with E-state index in [0.29, 0.717) is 12.1 Å². The second kappa shape index (κ2) is 3.55. The van der Waals surface area contributed by atoms with Crippen molar-refractivity contribution in [3.8, 4) is 0 Å². The average molecular weight is 157 g/mol. The van der Waals surface area contributed by atoms with Crippen molar-refractivity contribution in [2.75, 3.05) is 13.7 Å². The molecule has 1 saturated heterocycles. The van der Waals surface area contributed by atoms with Crippen molar-refractivity contribution in [1.29, 1.82) is 0 Å². The normalized spacial score (nSPS) is 32.5. The van der Waals surface area contributed by atoms with E-state index in [-0.39, 0.29) is 0 Å². The summed E-state index contributed by atoms with van der Waals surface area (Å²) in [5.41, 5.74) is 0. The monoisotopic (exact) mass is 157 g/mol. The molecule has 0 aromatic carbocycles. The highest BCUT2D eigenvalue weighted by atomic mass is 16.5. The minimum atomic E-state index is 0.374. The molecule has 1 heterocycles. The number of likely N-dealkylation sites (N-methyl/N-ethyl adjacent to an activating group) is 1. The zero-order chi connectivity index (χ0) is 8.43. The van der Waals surface area contributed by atoms with Crippen LogP contribution in [0, 0.1) is 0 Å². The van der Waals surface area contributed by atoms with Gasteiger partial charge in [-0.05, 0) is 34.2 Å². The summed E-state index contributed by atoms with van der Waals surface area (Å²) in [6.45, 7) is 7.33. The van der Waals surface area contributed by atoms with Gasteiger partial charge >= 0.3 is 0 Å². The SMILES string of the molecule is CC(C)OC[C@@H]1C[C@H](C)N1C. The van der Waals surface area contributed by atoms with Gasteiger partial charge in [0.05, 0.1) is 12.7 Å². The van der Waals surface area contributed by atoms with E-state index < -0.39 is 0 Å². The van der Waals surface area contributed by atoms with Gasteiger partial charge in [-0.1, -0.05) is 0 Å². The molecule has 0 radical (unpaired) electrons. The molecule has 11 heavy (non-hydrogen) atoms. The van der Waals surface area contributed by atoms with Crippen LogP contribution < -0.4 is 0 Å². The molecule has 1 fully saturated rings. The maximum absolute atomic E-state index is 5.52. The van der Waals surface area contributed by atoms with Gasteiger partial charge in [0.1, 0.15) is 0 Å². The minimum Gasteiger partial charge on any atom is -0.377 e. The molecule has 66 valence electrons. The molecule has 0 spiro atoms. The van der Waals surface area contributed by atoms with Crippen molar-refractivity contribution in [3.05, 3.63) is 0 Å². The van der Waals surface area contributed by atoms with Crippen molar-refractivity contribution in [3.63, 3.8) is 0 Å². The first-order valence-electron chi connectivity index (χ1n) is 4.44. The summed E-state index contributed by atoms with van der Waals surface area (Å²) >= 11 is 0. The number of hydrogen-bond donors (Lipinski definition) is 0. The van der Waals surface area contributed by atoms with Gasteiger partial charge in [0.15, 0.2) is 0 Å². The third kappa shape index (κ3) is 2.17. The molecule has 2 heteroatoms. The molecule has 0 unspecified atom stereocenters. The van der Waals surface area contributed by atoms with Crippen molar-refractivity contribution in [1.82, 2.24) is 4.90 Å². The van der Waals surface area contributed by atoms with Crippen LogP contribution in [-0.4, -0.2) is 36.7 Å². The Kier molecular flexibility index (Phi) is 2.90. The number of rotatable bonds is 3. The molecule has 2 atom stereocenters. The lowest BCUT2D eigenvalue weighted by Gasteiger charge is -2.44. The van der Waals surface area contributed by atoms with Crippen LogP contribution in [0.5, 0.6) is 0 Å². The highest BCUT2D eigenvalue weighted by molar-refractivity contribution is 4.87. The Morgan fingerprint density at radius 3 is 2.55 bits per heavy atom. The Labute approximate surface area is 69.5 Å². The molecule has 1 aliphatic rings. The lowest BCUT2D eigenvalue weighted by atomic mass is 9.96. The Balaban J connectivity index is 2.10. The first-order valence-corrected chi connectivity index (χ1v) is 4.44. The minimum absolute atomic E-state index is 0.374. The topological polar surface area (TPSA) is 12.5 Å². The highest BCUT2D eigenvalue weighted by Crippen LogP contribution is 2.22. The maximum Gasteiger partial charge on any atom is 0.0625 e. The van der Waals surface area contributed by atoms with Crippen LogP contribution in [-0.2, 0) is 4.74 Å². The smallest absolute Gasteiger partial charge is 0.0625 e. The van der Waals surface area contributed by atoms with E-state index in [1.165, 1.54) is 6.42 Å². The van der Waals surface area contributed by atoms with Gasteiger partial charge in [0.25, 0.3) is 0 Å². The first-order chi connectivity index (χ1) is 5.11. The van der Waals surface area contributed by atoms with E-state index in [4.69, 9.17) is 4.74 Å². The van der Waals surface area contributed by atoms with Gasteiger partial charge in [-0.2, -0.15) is 0 Å². The van der Waals surface area contributed by atoms with Crippen LogP contribution in [0.3, 0.4) is 0 Å². The molecular weight excluding hydrogens is 138 g/mol. The van der Waals surface area contributed by atoms with Crippen LogP contribution in [0.1, 0.15) is 27.2 Å². The van der Waals surface area contributed by atoms with E-state index >= 15 is 0 Å². The van der Waals surface area contributed by atoms with Gasteiger partial charge in [-0.25, -0.2) is 0 Å². The molecule has 1 aliphatic heterocycles. The van der Waals surface area contributed by atoms with Crippen molar-refractivity contribution >= 4 is 0 Å². The van der Waals surface area contributed by atoms with Gasteiger partial charge in [0, 0.05) is 12.1 Å². The summed E-state index contributed by atoms with van der Waals surface area (Å²) in [4.78, 5) is 2.38. The standard InChI is InChI=1S/C9H19NO/c1-7(2)11-6-9-5-8(3)10(9)4/h7-9H,5-6H2,1-4H3/t8-,9-/m0/s1. The van der Waals surface area contributed by atoms with Gasteiger partial charge < -0.3 is 4.74 Å². The summed E-state index contributed by atoms with van der Waals surface area (Å²) in [6.07, 6.45) is 1.67. The quantitative estimate of drug-likeness (QED) is 0.615. The molecule has 0 amide bonds. The molecule has 0 bridgehead atoms. The summed E-state index contributed by atoms with van der Waals surface area (Å²) in [5.74, 6) is 0. The third-order valence-electron chi connectivity index (χ3n) is 2.51. The molecule has 1 rings (SSSR count). The maximum atomic E-state index is 5.52. The van der Waals surface area contributed by atoms with E-state index in [1.807, 2.05) is 0 Å². The van der Waals surface area contributed by atoms with Crippen molar-refractivity contribution in [2.45, 2.75) is 45.4 Å². The summed E-state index contributed by atoms with van der Waals surface area (Å²) < 4.78 is 5.52. The predicted molar refractivity (Wildman–Crippen MR) is 46.7 cm³/mol. The summed E-state index contributed by atoms with van der Waals surface area (Å²) in [7, 11) is 2.17. The van der Waals surface area contributed by atoms with Crippen LogP contribution in [0.2, 0.25) is 0 Å². The zero-order valence-electron chi connectivity index (χ0n) is 8.00. The number of nitrogens with zero attached hydrogens (tertiary/aromatic N) is 1. The molecular formula is C9H19NO. The predicted octanol–water partition coefficient (Wildman–Crippen LogP) is 1.50. The van der Waals surface area contributed by atoms with Crippen molar-refractivity contribution in [2.24, 2.45) is 0 Å². The van der Waals surface area contributed by atoms with E-state index in [9.17, 15) is 0 Å². The van der Waals surface area contributed by atoms with Gasteiger partial charge in [-0.3, -0.25) is 4.90 Å². The Morgan fingerprint density at radius 1 is 1.55 bits per heavy atom. The number of ether oxygens (including phenoxy) is 1. The Bertz CT molecular complexity index is 125. The molecule has 0 aromatic heterocycles. The lowest BCUT2D eigenvalue weighted by Crippen LogP contribution is -2.54. The fourth-order valence-electron chi connectivity index (χ4n) is 1.44. The molecule has 0 aromatic rings. The second-order valence-corrected chi connectivity index (χ2v) is 3.79. The first kappa shape index (κ1) is 9.01. The highest BCUT2D eigenvalue weighted by Gasteiger charge is 2.31. The van der Waals surface area contributed by atoms with Crippen LogP contribution in [0.25, 0.3) is 0 Å². The van der Waals surface area contributed by atoms with E-state index in [2.05, 4.69) is 32.7 Å². The van der Waals surface area contributed by atoms with Gasteiger partial charge in [0.2, 0.25) is 0 Å². The van der Waals surface area contributed by atoms with Crippen LogP contribution >= 0.6 is 0 Å². The van der Waals surface area contributed by atoms with Crippen LogP contribution in [0.15, 0.2) is 0 Å². The number of hydrogen-bond acceptors (Lipinski definition) is 2. The fourth-order valence-corrected chi connectivity index (χ4v) is 1.44. The molecule has 0 N–H and O–H groups in total. The Hall–Kier alpha value is -0.0800. The zero-order valence-corrected chi connectivity index (χ0v) is 8.00. The summed E-state index contributed by atoms with van der Waals surface area (Å²) in [6, 6.07) is 1.43. The van der Waals surface area contributed by atoms with Crippen molar-refractivity contribution < 1.29 is 4.74 Å². The lowest BCUT2D eigenvalue weighted by molar-refractivity contribution is -0.0328. The largest absolute Gasteiger partial charge is 0.377 e. The third-order valence-corrected chi connectivity index (χ3v) is 2.51. The molecule has 0 saturated carbocycles. The average Bonchev–Trinajstić information content (AvgIpc) is 1.96. The van der Waals surface area contributed by atoms with Gasteiger partial charge in [-0.15, -0.1) is 0 Å². The number of likely N-dealkylation sites (tertiary alicyclic amines) is 1. The van der Waals surface area contributed by atoms with E-state index in [1.54, 1.807) is 0 Å². The summed E-state index contributed by atoms with van der Waals surface area (Å²) in [5, 5.41) is 0. The molecule has 0 aliphatic carbocycles. The van der Waals surface area contributed by atoms with E-state index in [0.717, 1.165) is 12.6 Å². The Morgan fingerprint density at radius 2 is 2.18 bits per heavy atom. The second-order valence-electron chi connectivity index (χ2n) is 3.79. The van der Waals surface area contributed by atoms with Crippen LogP contribution in [0.4, 0.5) is 0 Å². The fraction of sp³-hybridized carbons (Fsp3) is 1.00.